The van der Waals surface area contributed by atoms with E-state index in [0.29, 0.717) is 0 Å². The zero-order valence-electron chi connectivity index (χ0n) is 4.41. The van der Waals surface area contributed by atoms with Crippen molar-refractivity contribution in [1.29, 1.82) is 0 Å². The van der Waals surface area contributed by atoms with Gasteiger partial charge in [0.2, 0.25) is 0 Å². The third kappa shape index (κ3) is 8.84. The average molecular weight is 136 g/mol. The Morgan fingerprint density at radius 1 is 1.67 bits per heavy atom. The van der Waals surface area contributed by atoms with Gasteiger partial charge < -0.3 is 0 Å². The quantitative estimate of drug-likeness (QED) is 0.401. The van der Waals surface area contributed by atoms with E-state index in [1.807, 2.05) is 6.08 Å². The van der Waals surface area contributed by atoms with Gasteiger partial charge in [0.05, 0.1) is 0 Å². The summed E-state index contributed by atoms with van der Waals surface area (Å²) in [5.41, 5.74) is 0. The summed E-state index contributed by atoms with van der Waals surface area (Å²) in [7, 11) is 0. The number of hydrogen-bond acceptors (Lipinski definition) is 0. The van der Waals surface area contributed by atoms with Crippen LogP contribution in [0.15, 0.2) is 12.7 Å². The Kier molecular flexibility index (Phi) is 14.5. The first-order valence-electron chi connectivity index (χ1n) is 2.02. The van der Waals surface area contributed by atoms with Crippen molar-refractivity contribution in [3.05, 3.63) is 12.7 Å². The molecule has 0 aliphatic heterocycles. The van der Waals surface area contributed by atoms with Gasteiger partial charge in [-0.1, -0.05) is 19.4 Å². The molecule has 0 aliphatic carbocycles. The molecule has 32 valence electrons. The third-order valence-corrected chi connectivity index (χ3v) is 0.493. The minimum Gasteiger partial charge on any atom is -0.103 e. The summed E-state index contributed by atoms with van der Waals surface area (Å²) in [5, 5.41) is 0. The van der Waals surface area contributed by atoms with Crippen LogP contribution in [0.3, 0.4) is 0 Å². The van der Waals surface area contributed by atoms with Crippen molar-refractivity contribution in [2.24, 2.45) is 0 Å². The summed E-state index contributed by atoms with van der Waals surface area (Å²) in [6.07, 6.45) is 4.31. The topological polar surface area (TPSA) is 0 Å². The van der Waals surface area contributed by atoms with Crippen molar-refractivity contribution in [2.45, 2.75) is 19.8 Å². The van der Waals surface area contributed by atoms with Gasteiger partial charge in [0.15, 0.2) is 0 Å². The monoisotopic (exact) mass is 134 g/mol. The molecule has 0 radical (unpaired) electrons. The molecule has 0 spiro atoms. The Labute approximate surface area is 52.4 Å². The van der Waals surface area contributed by atoms with Gasteiger partial charge >= 0.3 is 0 Å². The minimum atomic E-state index is 0. The first-order chi connectivity index (χ1) is 2.41. The van der Waals surface area contributed by atoms with Crippen LogP contribution in [-0.2, 0) is 19.5 Å². The van der Waals surface area contributed by atoms with Crippen LogP contribution in [0.1, 0.15) is 19.8 Å². The van der Waals surface area contributed by atoms with Gasteiger partial charge in [0, 0.05) is 19.5 Å². The summed E-state index contributed by atoms with van der Waals surface area (Å²) < 4.78 is 0. The zero-order valence-corrected chi connectivity index (χ0v) is 7.37. The molecule has 0 amide bonds. The predicted molar refractivity (Wildman–Crippen MR) is 25.1 cm³/mol. The maximum Gasteiger partial charge on any atom is 0 e. The van der Waals surface area contributed by atoms with E-state index in [2.05, 4.69) is 13.5 Å². The number of unbranched alkanes of at least 4 members (excludes halogenated alkanes) is 1. The van der Waals surface area contributed by atoms with Crippen molar-refractivity contribution >= 4 is 0 Å². The molecule has 0 N–H and O–H groups in total. The first kappa shape index (κ1) is 9.61. The molecule has 0 saturated heterocycles. The molecule has 0 bridgehead atoms. The predicted octanol–water partition coefficient (Wildman–Crippen LogP) is 1.97. The fourth-order valence-corrected chi connectivity index (χ4v) is 0.204. The van der Waals surface area contributed by atoms with Crippen molar-refractivity contribution in [3.8, 4) is 0 Å². The van der Waals surface area contributed by atoms with Gasteiger partial charge in [-0.15, -0.1) is 6.58 Å². The fraction of sp³-hybridized carbons (Fsp3) is 0.600. The largest absolute Gasteiger partial charge is 0.103 e. The molecular formula is C5H10Zn. The molecule has 0 fully saturated rings. The molecule has 0 saturated carbocycles. The smallest absolute Gasteiger partial charge is 0 e. The minimum absolute atomic E-state index is 0. The second-order valence-corrected chi connectivity index (χ2v) is 1.08. The Hall–Kier alpha value is 0.363. The second-order valence-electron chi connectivity index (χ2n) is 1.08. The average Bonchev–Trinajstić information content (AvgIpc) is 1.41. The van der Waals surface area contributed by atoms with E-state index in [0.717, 1.165) is 6.42 Å². The maximum atomic E-state index is 3.55. The van der Waals surface area contributed by atoms with Gasteiger partial charge in [-0.2, -0.15) is 0 Å². The van der Waals surface area contributed by atoms with Crippen molar-refractivity contribution in [2.75, 3.05) is 0 Å². The molecule has 0 rings (SSSR count). The van der Waals surface area contributed by atoms with Crippen LogP contribution in [0.4, 0.5) is 0 Å². The molecule has 0 atom stereocenters. The van der Waals surface area contributed by atoms with Crippen LogP contribution in [0, 0.1) is 0 Å². The van der Waals surface area contributed by atoms with Crippen LogP contribution < -0.4 is 0 Å². The Bertz CT molecular complexity index is 25.1. The van der Waals surface area contributed by atoms with Crippen LogP contribution in [0.25, 0.3) is 0 Å². The summed E-state index contributed by atoms with van der Waals surface area (Å²) >= 11 is 0. The van der Waals surface area contributed by atoms with E-state index in [4.69, 9.17) is 0 Å². The Morgan fingerprint density at radius 3 is 2.17 bits per heavy atom. The molecular weight excluding hydrogens is 125 g/mol. The normalized spacial score (nSPS) is 6.17. The molecule has 0 nitrogen and oxygen atoms in total. The van der Waals surface area contributed by atoms with E-state index in [1.54, 1.807) is 0 Å². The summed E-state index contributed by atoms with van der Waals surface area (Å²) in [6.45, 7) is 5.69. The summed E-state index contributed by atoms with van der Waals surface area (Å²) in [4.78, 5) is 0. The van der Waals surface area contributed by atoms with E-state index in [1.165, 1.54) is 6.42 Å². The van der Waals surface area contributed by atoms with Gasteiger partial charge in [0.1, 0.15) is 0 Å². The second kappa shape index (κ2) is 9.03. The van der Waals surface area contributed by atoms with Crippen LogP contribution in [-0.4, -0.2) is 0 Å². The Balaban J connectivity index is 0. The molecule has 0 unspecified atom stereocenters. The molecule has 6 heavy (non-hydrogen) atoms. The standard InChI is InChI=1S/C5H10.Zn/c1-3-5-4-2;/h3H,1,4-5H2,2H3;. The third-order valence-electron chi connectivity index (χ3n) is 0.493. The molecule has 0 aromatic rings. The van der Waals surface area contributed by atoms with Crippen LogP contribution in [0.5, 0.6) is 0 Å². The molecule has 0 aromatic heterocycles. The fourth-order valence-electron chi connectivity index (χ4n) is 0.204. The molecule has 0 heterocycles. The van der Waals surface area contributed by atoms with Gasteiger partial charge in [-0.25, -0.2) is 0 Å². The first-order valence-corrected chi connectivity index (χ1v) is 2.02. The van der Waals surface area contributed by atoms with Gasteiger partial charge in [-0.3, -0.25) is 0 Å². The van der Waals surface area contributed by atoms with Crippen molar-refractivity contribution in [1.82, 2.24) is 0 Å². The molecule has 1 heteroatoms. The van der Waals surface area contributed by atoms with Crippen LogP contribution >= 0.6 is 0 Å². The zero-order chi connectivity index (χ0) is 4.12. The van der Waals surface area contributed by atoms with E-state index >= 15 is 0 Å². The van der Waals surface area contributed by atoms with Crippen molar-refractivity contribution < 1.29 is 19.5 Å². The molecule has 0 aromatic carbocycles. The van der Waals surface area contributed by atoms with E-state index < -0.39 is 0 Å². The summed E-state index contributed by atoms with van der Waals surface area (Å²) in [6, 6.07) is 0. The van der Waals surface area contributed by atoms with Crippen LogP contribution in [0.2, 0.25) is 0 Å². The Morgan fingerprint density at radius 2 is 2.17 bits per heavy atom. The van der Waals surface area contributed by atoms with Gasteiger partial charge in [0.25, 0.3) is 0 Å². The maximum absolute atomic E-state index is 3.55. The van der Waals surface area contributed by atoms with Gasteiger partial charge in [-0.05, 0) is 6.42 Å². The summed E-state index contributed by atoms with van der Waals surface area (Å²) in [5.74, 6) is 0. The number of hydrogen-bond donors (Lipinski definition) is 0. The van der Waals surface area contributed by atoms with E-state index in [-0.39, 0.29) is 19.5 Å². The number of rotatable bonds is 2. The van der Waals surface area contributed by atoms with Crippen molar-refractivity contribution in [3.63, 3.8) is 0 Å². The number of allylic oxidation sites excluding steroid dienone is 1. The SMILES string of the molecule is C=CCCC.[Zn]. The van der Waals surface area contributed by atoms with E-state index in [9.17, 15) is 0 Å². The molecule has 0 aliphatic rings.